The standard InChI is InChI=1S/C16H25N3O2/c1-11-9-14(19-21-11)13-7-5-12(6-8-13)10-17-15-3-2-4-16(20)18-15/h2-4,11-14,19H,5-10H2,1H3,(H2,17,18,20). The molecule has 1 aliphatic carbocycles. The second-order valence-electron chi connectivity index (χ2n) is 6.48. The molecule has 0 radical (unpaired) electrons. The zero-order valence-electron chi connectivity index (χ0n) is 12.6. The summed E-state index contributed by atoms with van der Waals surface area (Å²) in [5, 5.41) is 3.35. The molecule has 116 valence electrons. The predicted octanol–water partition coefficient (Wildman–Crippen LogP) is 2.28. The van der Waals surface area contributed by atoms with E-state index in [9.17, 15) is 4.79 Å². The van der Waals surface area contributed by atoms with Crippen molar-refractivity contribution in [2.45, 2.75) is 51.2 Å². The minimum Gasteiger partial charge on any atom is -0.371 e. The highest BCUT2D eigenvalue weighted by atomic mass is 16.7. The van der Waals surface area contributed by atoms with Crippen LogP contribution in [-0.4, -0.2) is 23.7 Å². The summed E-state index contributed by atoms with van der Waals surface area (Å²) in [4.78, 5) is 19.5. The van der Waals surface area contributed by atoms with Crippen molar-refractivity contribution >= 4 is 5.82 Å². The average Bonchev–Trinajstić information content (AvgIpc) is 2.92. The highest BCUT2D eigenvalue weighted by molar-refractivity contribution is 5.33. The third-order valence-corrected chi connectivity index (χ3v) is 4.82. The first-order valence-electron chi connectivity index (χ1n) is 8.05. The fourth-order valence-corrected chi connectivity index (χ4v) is 3.55. The maximum Gasteiger partial charge on any atom is 0.249 e. The topological polar surface area (TPSA) is 66.2 Å². The molecule has 1 aliphatic heterocycles. The summed E-state index contributed by atoms with van der Waals surface area (Å²) in [7, 11) is 0. The number of hydrogen-bond acceptors (Lipinski definition) is 4. The fourth-order valence-electron chi connectivity index (χ4n) is 3.55. The Morgan fingerprint density at radius 2 is 2.10 bits per heavy atom. The maximum atomic E-state index is 11.2. The number of H-pyrrole nitrogens is 1. The Morgan fingerprint density at radius 1 is 1.29 bits per heavy atom. The van der Waals surface area contributed by atoms with E-state index in [2.05, 4.69) is 22.7 Å². The largest absolute Gasteiger partial charge is 0.371 e. The Hall–Kier alpha value is -1.33. The molecule has 2 fully saturated rings. The van der Waals surface area contributed by atoms with Gasteiger partial charge in [0.2, 0.25) is 5.56 Å². The van der Waals surface area contributed by atoms with Gasteiger partial charge in [0, 0.05) is 18.7 Å². The summed E-state index contributed by atoms with van der Waals surface area (Å²) in [6.45, 7) is 3.07. The fraction of sp³-hybridized carbons (Fsp3) is 0.688. The molecule has 3 rings (SSSR count). The van der Waals surface area contributed by atoms with E-state index in [0.717, 1.165) is 24.7 Å². The summed E-state index contributed by atoms with van der Waals surface area (Å²) >= 11 is 0. The number of rotatable bonds is 4. The number of hydroxylamine groups is 1. The summed E-state index contributed by atoms with van der Waals surface area (Å²) in [5.41, 5.74) is 3.15. The van der Waals surface area contributed by atoms with E-state index in [1.807, 2.05) is 6.07 Å². The number of anilines is 1. The van der Waals surface area contributed by atoms with Gasteiger partial charge in [0.1, 0.15) is 5.82 Å². The number of hydrogen-bond donors (Lipinski definition) is 3. The molecule has 2 unspecified atom stereocenters. The molecule has 1 saturated carbocycles. The number of nitrogens with one attached hydrogen (secondary N) is 3. The third-order valence-electron chi connectivity index (χ3n) is 4.82. The normalized spacial score (nSPS) is 33.0. The molecule has 5 heteroatoms. The van der Waals surface area contributed by atoms with Gasteiger partial charge in [0.25, 0.3) is 0 Å². The molecule has 1 saturated heterocycles. The van der Waals surface area contributed by atoms with Crippen LogP contribution >= 0.6 is 0 Å². The zero-order valence-corrected chi connectivity index (χ0v) is 12.6. The van der Waals surface area contributed by atoms with E-state index >= 15 is 0 Å². The molecule has 3 N–H and O–H groups in total. The molecule has 5 nitrogen and oxygen atoms in total. The van der Waals surface area contributed by atoms with E-state index < -0.39 is 0 Å². The van der Waals surface area contributed by atoms with E-state index in [0.29, 0.717) is 18.1 Å². The van der Waals surface area contributed by atoms with Gasteiger partial charge in [0.15, 0.2) is 0 Å². The smallest absolute Gasteiger partial charge is 0.249 e. The minimum atomic E-state index is -0.0508. The van der Waals surface area contributed by atoms with Gasteiger partial charge in [-0.05, 0) is 56.9 Å². The van der Waals surface area contributed by atoms with E-state index in [-0.39, 0.29) is 5.56 Å². The molecule has 21 heavy (non-hydrogen) atoms. The second-order valence-corrected chi connectivity index (χ2v) is 6.48. The van der Waals surface area contributed by atoms with Crippen LogP contribution in [0.15, 0.2) is 23.0 Å². The Morgan fingerprint density at radius 3 is 2.76 bits per heavy atom. The van der Waals surface area contributed by atoms with Crippen molar-refractivity contribution < 1.29 is 4.84 Å². The Labute approximate surface area is 125 Å². The van der Waals surface area contributed by atoms with Gasteiger partial charge in [-0.1, -0.05) is 6.07 Å². The predicted molar refractivity (Wildman–Crippen MR) is 83.1 cm³/mol. The lowest BCUT2D eigenvalue weighted by molar-refractivity contribution is 0.0271. The van der Waals surface area contributed by atoms with Gasteiger partial charge >= 0.3 is 0 Å². The van der Waals surface area contributed by atoms with Crippen LogP contribution in [0.5, 0.6) is 0 Å². The highest BCUT2D eigenvalue weighted by Crippen LogP contribution is 2.33. The number of aromatic amines is 1. The Bertz CT molecular complexity index is 508. The quantitative estimate of drug-likeness (QED) is 0.796. The zero-order chi connectivity index (χ0) is 14.7. The molecule has 2 aliphatic rings. The maximum absolute atomic E-state index is 11.2. The van der Waals surface area contributed by atoms with E-state index in [1.165, 1.54) is 31.7 Å². The number of aromatic nitrogens is 1. The van der Waals surface area contributed by atoms with Gasteiger partial charge in [0.05, 0.1) is 6.10 Å². The molecular weight excluding hydrogens is 266 g/mol. The van der Waals surface area contributed by atoms with Crippen molar-refractivity contribution in [1.29, 1.82) is 0 Å². The lowest BCUT2D eigenvalue weighted by Crippen LogP contribution is -2.33. The van der Waals surface area contributed by atoms with Crippen molar-refractivity contribution in [3.05, 3.63) is 28.6 Å². The van der Waals surface area contributed by atoms with Crippen LogP contribution in [0, 0.1) is 11.8 Å². The monoisotopic (exact) mass is 291 g/mol. The Balaban J connectivity index is 1.42. The van der Waals surface area contributed by atoms with Gasteiger partial charge in [-0.15, -0.1) is 0 Å². The number of pyridine rings is 1. The average molecular weight is 291 g/mol. The molecule has 0 spiro atoms. The molecule has 0 amide bonds. The summed E-state index contributed by atoms with van der Waals surface area (Å²) < 4.78 is 0. The van der Waals surface area contributed by atoms with Gasteiger partial charge < -0.3 is 10.3 Å². The van der Waals surface area contributed by atoms with Crippen LogP contribution in [-0.2, 0) is 4.84 Å². The second kappa shape index (κ2) is 6.62. The Kier molecular flexibility index (Phi) is 4.60. The molecular formula is C16H25N3O2. The molecule has 1 aromatic heterocycles. The minimum absolute atomic E-state index is 0.0508. The van der Waals surface area contributed by atoms with Crippen molar-refractivity contribution in [3.8, 4) is 0 Å². The molecule has 1 aromatic rings. The summed E-state index contributed by atoms with van der Waals surface area (Å²) in [6.07, 6.45) is 6.53. The first-order valence-corrected chi connectivity index (χ1v) is 8.05. The lowest BCUT2D eigenvalue weighted by Gasteiger charge is -2.31. The first kappa shape index (κ1) is 14.6. The third kappa shape index (κ3) is 3.86. The molecule has 2 atom stereocenters. The lowest BCUT2D eigenvalue weighted by atomic mass is 9.77. The van der Waals surface area contributed by atoms with Gasteiger partial charge in [-0.25, -0.2) is 0 Å². The van der Waals surface area contributed by atoms with Gasteiger partial charge in [-0.2, -0.15) is 5.48 Å². The molecule has 0 aromatic carbocycles. The van der Waals surface area contributed by atoms with E-state index in [1.54, 1.807) is 6.07 Å². The summed E-state index contributed by atoms with van der Waals surface area (Å²) in [6, 6.07) is 5.77. The van der Waals surface area contributed by atoms with Crippen molar-refractivity contribution in [1.82, 2.24) is 10.5 Å². The van der Waals surface area contributed by atoms with E-state index in [4.69, 9.17) is 4.84 Å². The van der Waals surface area contributed by atoms with Crippen LogP contribution < -0.4 is 16.4 Å². The molecule has 0 bridgehead atoms. The summed E-state index contributed by atoms with van der Waals surface area (Å²) in [5.74, 6) is 2.27. The van der Waals surface area contributed by atoms with Crippen molar-refractivity contribution in [3.63, 3.8) is 0 Å². The van der Waals surface area contributed by atoms with Crippen molar-refractivity contribution in [2.24, 2.45) is 11.8 Å². The molecule has 2 heterocycles. The van der Waals surface area contributed by atoms with Crippen LogP contribution in [0.2, 0.25) is 0 Å². The first-order chi connectivity index (χ1) is 10.2. The van der Waals surface area contributed by atoms with Crippen molar-refractivity contribution in [2.75, 3.05) is 11.9 Å². The van der Waals surface area contributed by atoms with Crippen LogP contribution in [0.3, 0.4) is 0 Å². The SMILES string of the molecule is CC1CC(C2CCC(CNc3cccc(=O)[nH]3)CC2)NO1. The van der Waals surface area contributed by atoms with Crippen LogP contribution in [0.1, 0.15) is 39.0 Å². The highest BCUT2D eigenvalue weighted by Gasteiger charge is 2.32. The van der Waals surface area contributed by atoms with Crippen LogP contribution in [0.25, 0.3) is 0 Å². The van der Waals surface area contributed by atoms with Gasteiger partial charge in [-0.3, -0.25) is 9.63 Å². The van der Waals surface area contributed by atoms with Crippen LogP contribution in [0.4, 0.5) is 5.82 Å².